The van der Waals surface area contributed by atoms with E-state index in [0.29, 0.717) is 0 Å². The number of carbonyl (C=O) groups excluding carboxylic acids is 1. The Bertz CT molecular complexity index is 220. The van der Waals surface area contributed by atoms with Gasteiger partial charge in [-0.05, 0) is 12.1 Å². The molecule has 3 N–H and O–H groups in total. The molecule has 0 bridgehead atoms. The highest BCUT2D eigenvalue weighted by Gasteiger charge is 2.12. The smallest absolute Gasteiger partial charge is 0.237 e. The van der Waals surface area contributed by atoms with Gasteiger partial charge in [-0.2, -0.15) is 0 Å². The predicted octanol–water partition coefficient (Wildman–Crippen LogP) is 0.936. The number of nitrogens with two attached hydrogens (primary N) is 1. The van der Waals surface area contributed by atoms with Crippen molar-refractivity contribution in [2.45, 2.75) is 4.83 Å². The maximum absolute atomic E-state index is 10.6. The van der Waals surface area contributed by atoms with Crippen molar-refractivity contribution in [3.05, 3.63) is 24.0 Å². The summed E-state index contributed by atoms with van der Waals surface area (Å²) in [4.78, 5) is 13.0. The quantitative estimate of drug-likeness (QED) is 0.690. The molecule has 10 heavy (non-hydrogen) atoms. The highest BCUT2D eigenvalue weighted by atomic mass is 79.9. The number of carbonyl (C=O) groups is 1. The van der Waals surface area contributed by atoms with E-state index >= 15 is 0 Å². The fraction of sp³-hybridized carbons (Fsp3) is 0.167. The highest BCUT2D eigenvalue weighted by molar-refractivity contribution is 9.09. The van der Waals surface area contributed by atoms with Crippen LogP contribution >= 0.6 is 15.9 Å². The van der Waals surface area contributed by atoms with Crippen LogP contribution in [0.3, 0.4) is 0 Å². The molecule has 0 saturated heterocycles. The first-order valence-electron chi connectivity index (χ1n) is 2.78. The lowest BCUT2D eigenvalue weighted by Gasteiger charge is -2.00. The lowest BCUT2D eigenvalue weighted by atomic mass is 10.3. The number of aromatic amines is 1. The van der Waals surface area contributed by atoms with Gasteiger partial charge in [-0.25, -0.2) is 0 Å². The van der Waals surface area contributed by atoms with Crippen molar-refractivity contribution in [1.29, 1.82) is 0 Å². The molecule has 1 rings (SSSR count). The van der Waals surface area contributed by atoms with Crippen molar-refractivity contribution >= 4 is 21.8 Å². The molecular weight excluding hydrogens is 196 g/mol. The Kier molecular flexibility index (Phi) is 2.11. The number of primary amides is 1. The predicted molar refractivity (Wildman–Crippen MR) is 41.7 cm³/mol. The molecule has 0 aliphatic carbocycles. The van der Waals surface area contributed by atoms with Gasteiger partial charge in [0.25, 0.3) is 0 Å². The maximum atomic E-state index is 10.6. The van der Waals surface area contributed by atoms with E-state index in [2.05, 4.69) is 20.9 Å². The van der Waals surface area contributed by atoms with E-state index < -0.39 is 4.83 Å². The normalized spacial score (nSPS) is 12.9. The van der Waals surface area contributed by atoms with Gasteiger partial charge in [0.1, 0.15) is 4.83 Å². The summed E-state index contributed by atoms with van der Waals surface area (Å²) >= 11 is 3.12. The first-order valence-corrected chi connectivity index (χ1v) is 3.70. The number of rotatable bonds is 2. The van der Waals surface area contributed by atoms with Crippen molar-refractivity contribution in [1.82, 2.24) is 4.98 Å². The molecular formula is C6H7BrN2O. The SMILES string of the molecule is NC(=O)C(Br)c1ccc[nH]1. The molecule has 1 aromatic rings. The number of nitrogens with one attached hydrogen (secondary N) is 1. The van der Waals surface area contributed by atoms with Crippen LogP contribution in [0.2, 0.25) is 0 Å². The average Bonchev–Trinajstić information content (AvgIpc) is 2.36. The van der Waals surface area contributed by atoms with Crippen molar-refractivity contribution in [3.63, 3.8) is 0 Å². The second kappa shape index (κ2) is 2.88. The van der Waals surface area contributed by atoms with Crippen LogP contribution in [0.1, 0.15) is 10.5 Å². The minimum atomic E-state index is -0.400. The zero-order valence-electron chi connectivity index (χ0n) is 5.17. The Morgan fingerprint density at radius 3 is 2.90 bits per heavy atom. The monoisotopic (exact) mass is 202 g/mol. The second-order valence-electron chi connectivity index (χ2n) is 1.89. The minimum Gasteiger partial charge on any atom is -0.368 e. The average molecular weight is 203 g/mol. The molecule has 0 aliphatic heterocycles. The topological polar surface area (TPSA) is 58.9 Å². The molecule has 0 spiro atoms. The fourth-order valence-corrected chi connectivity index (χ4v) is 0.940. The molecule has 54 valence electrons. The summed E-state index contributed by atoms with van der Waals surface area (Å²) < 4.78 is 0. The molecule has 1 aromatic heterocycles. The van der Waals surface area contributed by atoms with Gasteiger partial charge in [0, 0.05) is 11.9 Å². The van der Waals surface area contributed by atoms with Gasteiger partial charge in [-0.15, -0.1) is 0 Å². The van der Waals surface area contributed by atoms with Crippen LogP contribution in [-0.4, -0.2) is 10.9 Å². The van der Waals surface area contributed by atoms with E-state index in [9.17, 15) is 4.79 Å². The third kappa shape index (κ3) is 1.39. The number of alkyl halides is 1. The van der Waals surface area contributed by atoms with E-state index in [-0.39, 0.29) is 5.91 Å². The summed E-state index contributed by atoms with van der Waals surface area (Å²) in [6.45, 7) is 0. The summed E-state index contributed by atoms with van der Waals surface area (Å²) in [5.74, 6) is -0.387. The molecule has 4 heteroatoms. The molecule has 1 unspecified atom stereocenters. The summed E-state index contributed by atoms with van der Waals surface area (Å²) in [5, 5.41) is 0. The third-order valence-electron chi connectivity index (χ3n) is 1.14. The second-order valence-corrected chi connectivity index (χ2v) is 2.81. The van der Waals surface area contributed by atoms with Crippen molar-refractivity contribution < 1.29 is 4.79 Å². The Labute approximate surface area is 66.7 Å². The molecule has 0 aromatic carbocycles. The Morgan fingerprint density at radius 1 is 1.80 bits per heavy atom. The van der Waals surface area contributed by atoms with Crippen LogP contribution < -0.4 is 5.73 Å². The number of hydrogen-bond acceptors (Lipinski definition) is 1. The molecule has 0 aliphatic rings. The van der Waals surface area contributed by atoms with Crippen LogP contribution in [-0.2, 0) is 4.79 Å². The summed E-state index contributed by atoms with van der Waals surface area (Å²) in [7, 11) is 0. The summed E-state index contributed by atoms with van der Waals surface area (Å²) in [5.41, 5.74) is 5.81. The summed E-state index contributed by atoms with van der Waals surface area (Å²) in [6, 6.07) is 3.61. The fourth-order valence-electron chi connectivity index (χ4n) is 0.655. The molecule has 1 amide bonds. The standard InChI is InChI=1S/C6H7BrN2O/c7-5(6(8)10)4-2-1-3-9-4/h1-3,5,9H,(H2,8,10). The number of amides is 1. The van der Waals surface area contributed by atoms with E-state index in [1.807, 2.05) is 6.07 Å². The van der Waals surface area contributed by atoms with Crippen molar-refractivity contribution in [3.8, 4) is 0 Å². The zero-order chi connectivity index (χ0) is 7.56. The largest absolute Gasteiger partial charge is 0.368 e. The number of halogens is 1. The Hall–Kier alpha value is -0.770. The van der Waals surface area contributed by atoms with Gasteiger partial charge in [0.15, 0.2) is 0 Å². The van der Waals surface area contributed by atoms with Crippen LogP contribution in [0.15, 0.2) is 18.3 Å². The van der Waals surface area contributed by atoms with Crippen molar-refractivity contribution in [2.24, 2.45) is 5.73 Å². The van der Waals surface area contributed by atoms with E-state index in [1.165, 1.54) is 0 Å². The highest BCUT2D eigenvalue weighted by Crippen LogP contribution is 2.19. The van der Waals surface area contributed by atoms with Gasteiger partial charge in [-0.1, -0.05) is 15.9 Å². The Balaban J connectivity index is 2.77. The molecule has 1 heterocycles. The van der Waals surface area contributed by atoms with Crippen LogP contribution in [0.5, 0.6) is 0 Å². The van der Waals surface area contributed by atoms with Gasteiger partial charge >= 0.3 is 0 Å². The van der Waals surface area contributed by atoms with Gasteiger partial charge in [0.2, 0.25) is 5.91 Å². The first-order chi connectivity index (χ1) is 4.72. The molecule has 1 atom stereocenters. The van der Waals surface area contributed by atoms with Crippen LogP contribution in [0, 0.1) is 0 Å². The van der Waals surface area contributed by atoms with Crippen LogP contribution in [0.4, 0.5) is 0 Å². The Morgan fingerprint density at radius 2 is 2.50 bits per heavy atom. The van der Waals surface area contributed by atoms with Crippen molar-refractivity contribution in [2.75, 3.05) is 0 Å². The molecule has 0 saturated carbocycles. The maximum Gasteiger partial charge on any atom is 0.237 e. The third-order valence-corrected chi connectivity index (χ3v) is 2.09. The first kappa shape index (κ1) is 7.34. The number of H-pyrrole nitrogens is 1. The van der Waals surface area contributed by atoms with E-state index in [1.54, 1.807) is 12.3 Å². The molecule has 0 fully saturated rings. The zero-order valence-corrected chi connectivity index (χ0v) is 6.76. The van der Waals surface area contributed by atoms with Gasteiger partial charge in [-0.3, -0.25) is 4.79 Å². The van der Waals surface area contributed by atoms with Gasteiger partial charge < -0.3 is 10.7 Å². The lowest BCUT2D eigenvalue weighted by Crippen LogP contribution is -2.16. The van der Waals surface area contributed by atoms with E-state index in [4.69, 9.17) is 5.73 Å². The molecule has 3 nitrogen and oxygen atoms in total. The number of hydrogen-bond donors (Lipinski definition) is 2. The molecule has 0 radical (unpaired) electrons. The summed E-state index contributed by atoms with van der Waals surface area (Å²) in [6.07, 6.45) is 1.74. The minimum absolute atomic E-state index is 0.387. The van der Waals surface area contributed by atoms with Gasteiger partial charge in [0.05, 0.1) is 0 Å². The van der Waals surface area contributed by atoms with Crippen LogP contribution in [0.25, 0.3) is 0 Å². The number of aromatic nitrogens is 1. The van der Waals surface area contributed by atoms with E-state index in [0.717, 1.165) is 5.69 Å². The lowest BCUT2D eigenvalue weighted by molar-refractivity contribution is -0.117.